The van der Waals surface area contributed by atoms with Crippen LogP contribution in [-0.2, 0) is 12.4 Å². The average Bonchev–Trinajstić information content (AvgIpc) is 2.17. The second kappa shape index (κ2) is 2.99. The average molecular weight is 173 g/mol. The fourth-order valence-corrected chi connectivity index (χ4v) is 1.45. The number of nitrogens with zero attached hydrogens (tertiary/aromatic N) is 1. The minimum Gasteiger partial charge on any atom is -0.181 e. The molecule has 0 aromatic heterocycles. The first-order chi connectivity index (χ1) is 5.92. The molecule has 0 unspecified atom stereocenters. The van der Waals surface area contributed by atoms with Crippen molar-refractivity contribution in [2.24, 2.45) is 4.36 Å². The maximum Gasteiger partial charge on any atom is 0.0847 e. The summed E-state index contributed by atoms with van der Waals surface area (Å²) < 4.78 is 3.78. The summed E-state index contributed by atoms with van der Waals surface area (Å²) in [6, 6.07) is 14.0. The van der Waals surface area contributed by atoms with Crippen molar-refractivity contribution < 1.29 is 0 Å². The van der Waals surface area contributed by atoms with Crippen molar-refractivity contribution in [2.45, 2.75) is 0 Å². The second-order valence-corrected chi connectivity index (χ2v) is 2.77. The van der Waals surface area contributed by atoms with Gasteiger partial charge in [-0.2, -0.15) is 4.36 Å². The third kappa shape index (κ3) is 1.10. The Bertz CT molecular complexity index is 418. The summed E-state index contributed by atoms with van der Waals surface area (Å²) in [6.45, 7) is 0. The Morgan fingerprint density at radius 1 is 0.917 bits per heavy atom. The van der Waals surface area contributed by atoms with E-state index >= 15 is 0 Å². The van der Waals surface area contributed by atoms with Crippen molar-refractivity contribution in [1.29, 1.82) is 0 Å². The van der Waals surface area contributed by atoms with Gasteiger partial charge in [-0.05, 0) is 11.5 Å². The van der Waals surface area contributed by atoms with Gasteiger partial charge in [0.1, 0.15) is 0 Å². The third-order valence-electron chi connectivity index (χ3n) is 1.86. The SMILES string of the molecule is S=Nc1cccc2ccccc12. The molecule has 58 valence electrons. The Kier molecular flexibility index (Phi) is 1.84. The van der Waals surface area contributed by atoms with Crippen molar-refractivity contribution in [3.8, 4) is 0 Å². The normalized spacial score (nSPS) is 10.0. The molecule has 2 aromatic carbocycles. The molecule has 2 heteroatoms. The number of rotatable bonds is 1. The van der Waals surface area contributed by atoms with E-state index in [1.54, 1.807) is 0 Å². The highest BCUT2D eigenvalue weighted by Crippen LogP contribution is 2.24. The van der Waals surface area contributed by atoms with E-state index in [1.165, 1.54) is 5.39 Å². The molecule has 0 saturated heterocycles. The summed E-state index contributed by atoms with van der Waals surface area (Å²) in [7, 11) is 0. The highest BCUT2D eigenvalue weighted by atomic mass is 32.1. The summed E-state index contributed by atoms with van der Waals surface area (Å²) in [4.78, 5) is 0. The van der Waals surface area contributed by atoms with Gasteiger partial charge in [-0.15, -0.1) is 0 Å². The van der Waals surface area contributed by atoms with Crippen LogP contribution in [0.1, 0.15) is 0 Å². The quantitative estimate of drug-likeness (QED) is 0.645. The molecule has 0 spiro atoms. The molecule has 12 heavy (non-hydrogen) atoms. The van der Waals surface area contributed by atoms with Crippen LogP contribution in [0.25, 0.3) is 10.8 Å². The zero-order chi connectivity index (χ0) is 8.39. The van der Waals surface area contributed by atoms with E-state index in [2.05, 4.69) is 28.9 Å². The largest absolute Gasteiger partial charge is 0.181 e. The van der Waals surface area contributed by atoms with E-state index < -0.39 is 0 Å². The molecule has 0 N–H and O–H groups in total. The lowest BCUT2D eigenvalue weighted by Crippen LogP contribution is -1.70. The van der Waals surface area contributed by atoms with E-state index in [4.69, 9.17) is 0 Å². The lowest BCUT2D eigenvalue weighted by Gasteiger charge is -1.98. The topological polar surface area (TPSA) is 12.4 Å². The molecule has 0 heterocycles. The van der Waals surface area contributed by atoms with Gasteiger partial charge in [-0.1, -0.05) is 36.4 Å². The molecule has 2 rings (SSSR count). The molecule has 0 aliphatic rings. The van der Waals surface area contributed by atoms with Crippen LogP contribution in [-0.4, -0.2) is 0 Å². The van der Waals surface area contributed by atoms with Gasteiger partial charge < -0.3 is 0 Å². The number of fused-ring (bicyclic) bond motifs is 1. The smallest absolute Gasteiger partial charge is 0.0847 e. The molecule has 1 nitrogen and oxygen atoms in total. The van der Waals surface area contributed by atoms with Gasteiger partial charge in [0.2, 0.25) is 0 Å². The van der Waals surface area contributed by atoms with Crippen molar-refractivity contribution in [2.75, 3.05) is 0 Å². The summed E-state index contributed by atoms with van der Waals surface area (Å²) in [6.07, 6.45) is 0. The van der Waals surface area contributed by atoms with Crippen molar-refractivity contribution >= 4 is 28.9 Å². The van der Waals surface area contributed by atoms with Crippen LogP contribution in [0.2, 0.25) is 0 Å². The van der Waals surface area contributed by atoms with Gasteiger partial charge in [-0.3, -0.25) is 0 Å². The van der Waals surface area contributed by atoms with Gasteiger partial charge in [0, 0.05) is 17.8 Å². The molecule has 0 aliphatic heterocycles. The fourth-order valence-electron chi connectivity index (χ4n) is 1.29. The maximum atomic E-state index is 4.67. The lowest BCUT2D eigenvalue weighted by molar-refractivity contribution is 1.62. The zero-order valence-electron chi connectivity index (χ0n) is 6.40. The molecule has 0 aliphatic carbocycles. The molecule has 0 bridgehead atoms. The van der Waals surface area contributed by atoms with Gasteiger partial charge in [0.05, 0.1) is 5.69 Å². The van der Waals surface area contributed by atoms with Crippen LogP contribution >= 0.6 is 0 Å². The lowest BCUT2D eigenvalue weighted by atomic mass is 10.1. The van der Waals surface area contributed by atoms with Gasteiger partial charge in [-0.25, -0.2) is 0 Å². The maximum absolute atomic E-state index is 4.67. The summed E-state index contributed by atoms with van der Waals surface area (Å²) >= 11 is 4.67. The number of hydrogen-bond donors (Lipinski definition) is 0. The fraction of sp³-hybridized carbons (Fsp3) is 0. The first-order valence-electron chi connectivity index (χ1n) is 3.73. The molecule has 0 amide bonds. The second-order valence-electron chi connectivity index (χ2n) is 2.59. The van der Waals surface area contributed by atoms with Crippen LogP contribution in [0, 0.1) is 0 Å². The molecule has 0 radical (unpaired) electrons. The standard InChI is InChI=1S/C10H7NS/c12-11-10-7-3-5-8-4-1-2-6-9(8)10/h1-7H. The summed E-state index contributed by atoms with van der Waals surface area (Å²) in [5, 5.41) is 2.30. The van der Waals surface area contributed by atoms with E-state index in [0.29, 0.717) is 0 Å². The van der Waals surface area contributed by atoms with E-state index in [1.807, 2.05) is 30.3 Å². The van der Waals surface area contributed by atoms with Crippen molar-refractivity contribution in [1.82, 2.24) is 0 Å². The van der Waals surface area contributed by atoms with Crippen LogP contribution in [0.5, 0.6) is 0 Å². The van der Waals surface area contributed by atoms with Crippen LogP contribution in [0.3, 0.4) is 0 Å². The Morgan fingerprint density at radius 3 is 2.50 bits per heavy atom. The van der Waals surface area contributed by atoms with Gasteiger partial charge in [0.15, 0.2) is 0 Å². The predicted molar refractivity (Wildman–Crippen MR) is 53.4 cm³/mol. The molecule has 0 atom stereocenters. The molecular formula is C10H7NS. The highest BCUT2D eigenvalue weighted by molar-refractivity contribution is 7.47. The summed E-state index contributed by atoms with van der Waals surface area (Å²) in [5.41, 5.74) is 0.878. The van der Waals surface area contributed by atoms with Gasteiger partial charge >= 0.3 is 0 Å². The first-order valence-corrected chi connectivity index (χ1v) is 4.09. The summed E-state index contributed by atoms with van der Waals surface area (Å²) in [5.74, 6) is 0. The van der Waals surface area contributed by atoms with Crippen molar-refractivity contribution in [3.05, 3.63) is 42.5 Å². The number of benzene rings is 2. The Hall–Kier alpha value is -1.28. The van der Waals surface area contributed by atoms with E-state index in [0.717, 1.165) is 11.1 Å². The molecule has 2 aromatic rings. The third-order valence-corrected chi connectivity index (χ3v) is 2.06. The van der Waals surface area contributed by atoms with Gasteiger partial charge in [0.25, 0.3) is 0 Å². The van der Waals surface area contributed by atoms with E-state index in [-0.39, 0.29) is 0 Å². The van der Waals surface area contributed by atoms with Crippen LogP contribution < -0.4 is 0 Å². The van der Waals surface area contributed by atoms with Crippen LogP contribution in [0.15, 0.2) is 46.8 Å². The minimum atomic E-state index is 0.878. The number of hydrogen-bond acceptors (Lipinski definition) is 2. The monoisotopic (exact) mass is 173 g/mol. The Morgan fingerprint density at radius 2 is 1.67 bits per heavy atom. The molecule has 0 saturated carbocycles. The Labute approximate surface area is 76.2 Å². The van der Waals surface area contributed by atoms with E-state index in [9.17, 15) is 0 Å². The predicted octanol–water partition coefficient (Wildman–Crippen LogP) is 3.20. The minimum absolute atomic E-state index is 0.878. The van der Waals surface area contributed by atoms with Crippen LogP contribution in [0.4, 0.5) is 5.69 Å². The van der Waals surface area contributed by atoms with Crippen molar-refractivity contribution in [3.63, 3.8) is 0 Å². The molecule has 0 fully saturated rings. The highest BCUT2D eigenvalue weighted by Gasteiger charge is 1.95. The zero-order valence-corrected chi connectivity index (χ0v) is 7.21. The molecular weight excluding hydrogens is 166 g/mol. The first kappa shape index (κ1) is 7.37. The Balaban J connectivity index is 2.88.